The zero-order valence-corrected chi connectivity index (χ0v) is 26.6. The van der Waals surface area contributed by atoms with Gasteiger partial charge < -0.3 is 10.2 Å². The molecule has 2 amide bonds. The van der Waals surface area contributed by atoms with Gasteiger partial charge in [-0.1, -0.05) is 79.2 Å². The third-order valence-electron chi connectivity index (χ3n) is 7.36. The van der Waals surface area contributed by atoms with Crippen LogP contribution in [0.15, 0.2) is 72.8 Å². The highest BCUT2D eigenvalue weighted by Crippen LogP contribution is 2.26. The van der Waals surface area contributed by atoms with Crippen molar-refractivity contribution in [1.29, 1.82) is 0 Å². The zero-order valence-electron chi connectivity index (χ0n) is 25.8. The van der Waals surface area contributed by atoms with Crippen molar-refractivity contribution in [3.63, 3.8) is 0 Å². The summed E-state index contributed by atoms with van der Waals surface area (Å²) in [5.41, 5.74) is 4.79. The summed E-state index contributed by atoms with van der Waals surface area (Å²) < 4.78 is 29.5. The standard InChI is InChI=1S/C33H44N4O4S/c1-8-27(5)34-33(39)31(21-28-14-10-9-11-15-28)36(22-29-16-12-13-24(2)19-29)32(38)23-37(42(40,41)35(6)7)30-20-25(3)17-18-26(30)4/h9-20,27,31H,8,21-23H2,1-7H3,(H,34,39)/t27-,31+/m1/s1. The molecule has 8 nitrogen and oxygen atoms in total. The van der Waals surface area contributed by atoms with E-state index in [1.54, 1.807) is 6.07 Å². The van der Waals surface area contributed by atoms with Gasteiger partial charge in [0, 0.05) is 33.1 Å². The molecule has 0 bridgehead atoms. The molecule has 0 fully saturated rings. The predicted molar refractivity (Wildman–Crippen MR) is 169 cm³/mol. The number of carbonyl (C=O) groups is 2. The third-order valence-corrected chi connectivity index (χ3v) is 9.17. The highest BCUT2D eigenvalue weighted by Gasteiger charge is 2.35. The van der Waals surface area contributed by atoms with E-state index in [1.165, 1.54) is 19.0 Å². The van der Waals surface area contributed by atoms with Crippen LogP contribution < -0.4 is 9.62 Å². The van der Waals surface area contributed by atoms with E-state index < -0.39 is 28.7 Å². The van der Waals surface area contributed by atoms with Gasteiger partial charge in [0.2, 0.25) is 11.8 Å². The number of amides is 2. The van der Waals surface area contributed by atoms with Gasteiger partial charge >= 0.3 is 10.2 Å². The topological polar surface area (TPSA) is 90.0 Å². The normalized spacial score (nSPS) is 13.0. The summed E-state index contributed by atoms with van der Waals surface area (Å²) in [6.07, 6.45) is 1.02. The second kappa shape index (κ2) is 14.5. The summed E-state index contributed by atoms with van der Waals surface area (Å²) in [5, 5.41) is 3.06. The Morgan fingerprint density at radius 1 is 0.857 bits per heavy atom. The Hall–Kier alpha value is -3.69. The molecule has 0 saturated carbocycles. The minimum absolute atomic E-state index is 0.0905. The van der Waals surface area contributed by atoms with Gasteiger partial charge in [-0.2, -0.15) is 12.7 Å². The van der Waals surface area contributed by atoms with Gasteiger partial charge in [0.15, 0.2) is 0 Å². The van der Waals surface area contributed by atoms with E-state index in [0.717, 1.165) is 42.8 Å². The SMILES string of the molecule is CC[C@@H](C)NC(=O)[C@H](Cc1ccccc1)N(Cc1cccc(C)c1)C(=O)CN(c1cc(C)ccc1C)S(=O)(=O)N(C)C. The molecule has 0 radical (unpaired) electrons. The van der Waals surface area contributed by atoms with Gasteiger partial charge in [-0.05, 0) is 62.4 Å². The number of hydrogen-bond acceptors (Lipinski definition) is 4. The first-order valence-corrected chi connectivity index (χ1v) is 15.7. The van der Waals surface area contributed by atoms with E-state index in [4.69, 9.17) is 0 Å². The highest BCUT2D eigenvalue weighted by molar-refractivity contribution is 7.90. The summed E-state index contributed by atoms with van der Waals surface area (Å²) in [6, 6.07) is 21.9. The van der Waals surface area contributed by atoms with Crippen molar-refractivity contribution in [1.82, 2.24) is 14.5 Å². The first-order valence-electron chi connectivity index (χ1n) is 14.3. The van der Waals surface area contributed by atoms with Crippen molar-refractivity contribution in [2.24, 2.45) is 0 Å². The molecule has 0 aromatic heterocycles. The number of hydrogen-bond donors (Lipinski definition) is 1. The van der Waals surface area contributed by atoms with Crippen molar-refractivity contribution >= 4 is 27.7 Å². The van der Waals surface area contributed by atoms with Crippen molar-refractivity contribution in [3.05, 3.63) is 101 Å². The molecule has 0 saturated heterocycles. The number of nitrogens with zero attached hydrogens (tertiary/aromatic N) is 3. The molecule has 42 heavy (non-hydrogen) atoms. The largest absolute Gasteiger partial charge is 0.352 e. The number of anilines is 1. The molecule has 3 rings (SSSR count). The van der Waals surface area contributed by atoms with E-state index in [-0.39, 0.29) is 24.9 Å². The zero-order chi connectivity index (χ0) is 31.0. The Labute approximate surface area is 251 Å². The van der Waals surface area contributed by atoms with Crippen LogP contribution in [0.4, 0.5) is 5.69 Å². The van der Waals surface area contributed by atoms with Crippen molar-refractivity contribution in [2.45, 2.75) is 66.1 Å². The number of nitrogens with one attached hydrogen (secondary N) is 1. The van der Waals surface area contributed by atoms with Crippen molar-refractivity contribution in [2.75, 3.05) is 24.9 Å². The van der Waals surface area contributed by atoms with Crippen LogP contribution in [0.25, 0.3) is 0 Å². The molecule has 0 aliphatic rings. The van der Waals surface area contributed by atoms with Crippen LogP contribution >= 0.6 is 0 Å². The summed E-state index contributed by atoms with van der Waals surface area (Å²) in [7, 11) is -1.16. The maximum Gasteiger partial charge on any atom is 0.304 e. The lowest BCUT2D eigenvalue weighted by Crippen LogP contribution is -2.55. The van der Waals surface area contributed by atoms with Crippen LogP contribution in [0.2, 0.25) is 0 Å². The summed E-state index contributed by atoms with van der Waals surface area (Å²) in [5.74, 6) is -0.744. The molecule has 0 unspecified atom stereocenters. The highest BCUT2D eigenvalue weighted by atomic mass is 32.2. The lowest BCUT2D eigenvalue weighted by atomic mass is 10.0. The second-order valence-electron chi connectivity index (χ2n) is 11.1. The van der Waals surface area contributed by atoms with E-state index in [9.17, 15) is 18.0 Å². The molecule has 9 heteroatoms. The number of carbonyl (C=O) groups excluding carboxylic acids is 2. The fraction of sp³-hybridized carbons (Fsp3) is 0.394. The van der Waals surface area contributed by atoms with Gasteiger partial charge in [0.05, 0.1) is 5.69 Å². The molecule has 1 N–H and O–H groups in total. The molecule has 226 valence electrons. The molecular weight excluding hydrogens is 548 g/mol. The molecule has 3 aromatic rings. The number of benzene rings is 3. The fourth-order valence-corrected chi connectivity index (χ4v) is 5.81. The minimum Gasteiger partial charge on any atom is -0.352 e. The van der Waals surface area contributed by atoms with Gasteiger partial charge in [-0.3, -0.25) is 9.59 Å². The van der Waals surface area contributed by atoms with E-state index in [0.29, 0.717) is 5.69 Å². The maximum atomic E-state index is 14.4. The predicted octanol–water partition coefficient (Wildman–Crippen LogP) is 4.78. The average molecular weight is 593 g/mol. The van der Waals surface area contributed by atoms with Crippen LogP contribution in [-0.2, 0) is 32.8 Å². The lowest BCUT2D eigenvalue weighted by molar-refractivity contribution is -0.140. The Morgan fingerprint density at radius 2 is 1.50 bits per heavy atom. The smallest absolute Gasteiger partial charge is 0.304 e. The first kappa shape index (κ1) is 32.8. The van der Waals surface area contributed by atoms with Gasteiger partial charge in [0.25, 0.3) is 0 Å². The molecule has 0 heterocycles. The maximum absolute atomic E-state index is 14.4. The Balaban J connectivity index is 2.13. The second-order valence-corrected chi connectivity index (χ2v) is 13.2. The number of rotatable bonds is 13. The van der Waals surface area contributed by atoms with E-state index in [1.807, 2.05) is 101 Å². The monoisotopic (exact) mass is 592 g/mol. The quantitative estimate of drug-likeness (QED) is 0.309. The van der Waals surface area contributed by atoms with Crippen LogP contribution in [0, 0.1) is 20.8 Å². The molecule has 0 aliphatic heterocycles. The fourth-order valence-electron chi connectivity index (χ4n) is 4.69. The van der Waals surface area contributed by atoms with Crippen LogP contribution in [0.5, 0.6) is 0 Å². The minimum atomic E-state index is -4.05. The lowest BCUT2D eigenvalue weighted by Gasteiger charge is -2.35. The Morgan fingerprint density at radius 3 is 2.12 bits per heavy atom. The average Bonchev–Trinajstić information content (AvgIpc) is 2.95. The van der Waals surface area contributed by atoms with Crippen LogP contribution in [0.3, 0.4) is 0 Å². The van der Waals surface area contributed by atoms with Crippen LogP contribution in [0.1, 0.15) is 48.1 Å². The van der Waals surface area contributed by atoms with Gasteiger partial charge in [-0.25, -0.2) is 4.31 Å². The first-order chi connectivity index (χ1) is 19.8. The molecule has 2 atom stereocenters. The summed E-state index contributed by atoms with van der Waals surface area (Å²) in [6.45, 7) is 9.27. The van der Waals surface area contributed by atoms with Crippen LogP contribution in [-0.4, -0.2) is 62.2 Å². The van der Waals surface area contributed by atoms with Gasteiger partial charge in [0.1, 0.15) is 12.6 Å². The number of aryl methyl sites for hydroxylation is 3. The molecule has 3 aromatic carbocycles. The van der Waals surface area contributed by atoms with Crippen molar-refractivity contribution in [3.8, 4) is 0 Å². The Bertz CT molecular complexity index is 1470. The molecule has 0 spiro atoms. The third kappa shape index (κ3) is 8.42. The van der Waals surface area contributed by atoms with Gasteiger partial charge in [-0.15, -0.1) is 0 Å². The Kier molecular flexibility index (Phi) is 11.3. The molecule has 0 aliphatic carbocycles. The van der Waals surface area contributed by atoms with E-state index >= 15 is 0 Å². The van der Waals surface area contributed by atoms with Crippen molar-refractivity contribution < 1.29 is 18.0 Å². The summed E-state index contributed by atoms with van der Waals surface area (Å²) >= 11 is 0. The molecular formula is C33H44N4O4S. The van der Waals surface area contributed by atoms with E-state index in [2.05, 4.69) is 5.32 Å². The summed E-state index contributed by atoms with van der Waals surface area (Å²) in [4.78, 5) is 29.8.